The van der Waals surface area contributed by atoms with Crippen LogP contribution in [0.1, 0.15) is 25.3 Å². The van der Waals surface area contributed by atoms with E-state index in [0.29, 0.717) is 5.92 Å². The molecule has 4 aromatic carbocycles. The Bertz CT molecular complexity index is 1690. The van der Waals surface area contributed by atoms with Crippen LogP contribution >= 0.6 is 0 Å². The third-order valence-corrected chi connectivity index (χ3v) is 20.1. The standard InChI is InChI=1S/C35H37Ge2N/c1-23(2)32-21-27(20-26-10-8-9-11-29(26)32)35-34-31(18-19-38-35)30-17-14-25(22-33(30)37(34,6)7)24-12-15-28(16-13-24)36(3,4)5/h8-23H,1-7H3. The molecule has 0 aliphatic carbocycles. The van der Waals surface area contributed by atoms with Gasteiger partial charge >= 0.3 is 234 Å². The van der Waals surface area contributed by atoms with E-state index in [0.717, 1.165) is 0 Å². The van der Waals surface area contributed by atoms with Gasteiger partial charge in [0.15, 0.2) is 0 Å². The van der Waals surface area contributed by atoms with Gasteiger partial charge in [-0.15, -0.1) is 0 Å². The Morgan fingerprint density at radius 1 is 0.711 bits per heavy atom. The van der Waals surface area contributed by atoms with Crippen LogP contribution in [0.25, 0.3) is 44.3 Å². The van der Waals surface area contributed by atoms with E-state index in [1.54, 1.807) is 8.79 Å². The average molecular weight is 617 g/mol. The predicted octanol–water partition coefficient (Wildman–Crippen LogP) is 8.04. The average Bonchev–Trinajstić information content (AvgIpc) is 3.14. The summed E-state index contributed by atoms with van der Waals surface area (Å²) < 4.78 is 4.67. The number of fused-ring (bicyclic) bond motifs is 4. The third kappa shape index (κ3) is 4.19. The summed E-state index contributed by atoms with van der Waals surface area (Å²) in [6.45, 7) is 4.59. The Morgan fingerprint density at radius 2 is 1.42 bits per heavy atom. The maximum absolute atomic E-state index is 5.07. The first kappa shape index (κ1) is 25.6. The van der Waals surface area contributed by atoms with E-state index in [-0.39, 0.29) is 0 Å². The van der Waals surface area contributed by atoms with Gasteiger partial charge < -0.3 is 0 Å². The number of rotatable bonds is 4. The van der Waals surface area contributed by atoms with Gasteiger partial charge in [-0.1, -0.05) is 0 Å². The summed E-state index contributed by atoms with van der Waals surface area (Å²) in [6.07, 6.45) is 2.02. The van der Waals surface area contributed by atoms with Crippen molar-refractivity contribution in [3.63, 3.8) is 0 Å². The Kier molecular flexibility index (Phi) is 6.24. The Labute approximate surface area is 233 Å². The first-order valence-corrected chi connectivity index (χ1v) is 27.5. The molecule has 1 nitrogen and oxygen atoms in total. The molecule has 0 N–H and O–H groups in total. The molecule has 38 heavy (non-hydrogen) atoms. The van der Waals surface area contributed by atoms with Gasteiger partial charge in [-0.2, -0.15) is 0 Å². The Hall–Kier alpha value is -2.62. The fourth-order valence-electron chi connectivity index (χ4n) is 6.27. The summed E-state index contributed by atoms with van der Waals surface area (Å²) in [6, 6.07) is 32.5. The van der Waals surface area contributed by atoms with E-state index < -0.39 is 26.5 Å². The van der Waals surface area contributed by atoms with Crippen molar-refractivity contribution in [1.82, 2.24) is 4.98 Å². The van der Waals surface area contributed by atoms with E-state index in [1.165, 1.54) is 54.2 Å². The summed E-state index contributed by atoms with van der Waals surface area (Å²) in [5.41, 5.74) is 9.35. The zero-order valence-corrected chi connectivity index (χ0v) is 27.9. The molecule has 0 fully saturated rings. The van der Waals surface area contributed by atoms with E-state index in [1.807, 2.05) is 6.20 Å². The predicted molar refractivity (Wildman–Crippen MR) is 172 cm³/mol. The molecular weight excluding hydrogens is 580 g/mol. The molecule has 0 radical (unpaired) electrons. The molecule has 5 aromatic rings. The molecule has 6 rings (SSSR count). The van der Waals surface area contributed by atoms with Crippen molar-refractivity contribution in [3.05, 3.63) is 96.7 Å². The van der Waals surface area contributed by atoms with Gasteiger partial charge in [0.25, 0.3) is 0 Å². The molecule has 2 heterocycles. The number of pyridine rings is 1. The maximum atomic E-state index is 5.07. The number of hydrogen-bond acceptors (Lipinski definition) is 1. The minimum absolute atomic E-state index is 0.458. The molecule has 0 saturated heterocycles. The van der Waals surface area contributed by atoms with Crippen LogP contribution in [0.3, 0.4) is 0 Å². The second kappa shape index (κ2) is 9.24. The van der Waals surface area contributed by atoms with Gasteiger partial charge in [0.1, 0.15) is 0 Å². The fraction of sp³-hybridized carbons (Fsp3) is 0.229. The van der Waals surface area contributed by atoms with Crippen LogP contribution in [0.15, 0.2) is 91.1 Å². The monoisotopic (exact) mass is 619 g/mol. The van der Waals surface area contributed by atoms with Crippen molar-refractivity contribution in [2.45, 2.75) is 48.5 Å². The van der Waals surface area contributed by atoms with Crippen molar-refractivity contribution in [2.24, 2.45) is 0 Å². The molecule has 0 bridgehead atoms. The molecule has 3 heteroatoms. The van der Waals surface area contributed by atoms with Crippen molar-refractivity contribution in [2.75, 3.05) is 0 Å². The van der Waals surface area contributed by atoms with Crippen LogP contribution in [0, 0.1) is 0 Å². The van der Waals surface area contributed by atoms with Crippen LogP contribution < -0.4 is 13.2 Å². The van der Waals surface area contributed by atoms with E-state index >= 15 is 0 Å². The zero-order chi connectivity index (χ0) is 26.8. The van der Waals surface area contributed by atoms with Crippen LogP contribution in [-0.2, 0) is 0 Å². The van der Waals surface area contributed by atoms with Gasteiger partial charge in [-0.3, -0.25) is 0 Å². The normalized spacial score (nSPS) is 14.1. The first-order chi connectivity index (χ1) is 18.1. The van der Waals surface area contributed by atoms with Crippen LogP contribution in [0.2, 0.25) is 28.8 Å². The Balaban J connectivity index is 1.49. The van der Waals surface area contributed by atoms with Crippen molar-refractivity contribution in [3.8, 4) is 33.5 Å². The quantitative estimate of drug-likeness (QED) is 0.186. The molecule has 0 spiro atoms. The summed E-state index contributed by atoms with van der Waals surface area (Å²) in [5.74, 6) is 13.0. The van der Waals surface area contributed by atoms with Gasteiger partial charge in [0.2, 0.25) is 0 Å². The third-order valence-electron chi connectivity index (χ3n) is 8.43. The van der Waals surface area contributed by atoms with Crippen LogP contribution in [0.4, 0.5) is 0 Å². The first-order valence-electron chi connectivity index (χ1n) is 13.8. The molecular formula is C35H37Ge2N. The number of nitrogens with zero attached hydrogens (tertiary/aromatic N) is 1. The van der Waals surface area contributed by atoms with Crippen molar-refractivity contribution >= 4 is 50.5 Å². The van der Waals surface area contributed by atoms with Gasteiger partial charge in [-0.05, 0) is 0 Å². The summed E-state index contributed by atoms with van der Waals surface area (Å²) >= 11 is -4.44. The van der Waals surface area contributed by atoms with E-state index in [9.17, 15) is 0 Å². The number of hydrogen-bond donors (Lipinski definition) is 0. The van der Waals surface area contributed by atoms with Gasteiger partial charge in [0, 0.05) is 0 Å². The topological polar surface area (TPSA) is 12.9 Å². The zero-order valence-electron chi connectivity index (χ0n) is 23.7. The van der Waals surface area contributed by atoms with Gasteiger partial charge in [-0.25, -0.2) is 0 Å². The molecule has 0 saturated carbocycles. The van der Waals surface area contributed by atoms with Crippen molar-refractivity contribution in [1.29, 1.82) is 0 Å². The molecule has 190 valence electrons. The fourth-order valence-corrected chi connectivity index (χ4v) is 15.8. The molecule has 0 amide bonds. The summed E-state index contributed by atoms with van der Waals surface area (Å²) in [7, 11) is 0. The second-order valence-electron chi connectivity index (χ2n) is 12.7. The SMILES string of the molecule is CC(C)c1cc(-c2nccc3[c]2[Ge]([CH3])([CH3])[c]2cc(-c4cc[c]([Ge]([CH3])([CH3])[CH3])cc4)ccc2-3)cc2ccccc12. The van der Waals surface area contributed by atoms with E-state index in [2.05, 4.69) is 128 Å². The van der Waals surface area contributed by atoms with Crippen LogP contribution in [0.5, 0.6) is 0 Å². The molecule has 0 unspecified atom stereocenters. The van der Waals surface area contributed by atoms with E-state index in [4.69, 9.17) is 4.98 Å². The summed E-state index contributed by atoms with van der Waals surface area (Å²) in [5, 5.41) is 2.66. The second-order valence-corrected chi connectivity index (χ2v) is 32.4. The molecule has 1 aliphatic heterocycles. The number of benzene rings is 4. The van der Waals surface area contributed by atoms with Gasteiger partial charge in [0.05, 0.1) is 0 Å². The van der Waals surface area contributed by atoms with Crippen molar-refractivity contribution < 1.29 is 0 Å². The molecule has 0 atom stereocenters. The molecule has 1 aliphatic rings. The summed E-state index contributed by atoms with van der Waals surface area (Å²) in [4.78, 5) is 5.07. The minimum atomic E-state index is -2.62. The Morgan fingerprint density at radius 3 is 2.13 bits per heavy atom. The van der Waals surface area contributed by atoms with Crippen LogP contribution in [-0.4, -0.2) is 31.5 Å². The molecule has 1 aromatic heterocycles. The number of aromatic nitrogens is 1.